The summed E-state index contributed by atoms with van der Waals surface area (Å²) >= 11 is 0. The molecule has 1 saturated heterocycles. The largest absolute Gasteiger partial charge is 0.355 e. The molecule has 0 saturated carbocycles. The van der Waals surface area contributed by atoms with Crippen LogP contribution in [0.25, 0.3) is 0 Å². The van der Waals surface area contributed by atoms with Crippen molar-refractivity contribution in [3.63, 3.8) is 0 Å². The zero-order valence-corrected chi connectivity index (χ0v) is 14.1. The van der Waals surface area contributed by atoms with Gasteiger partial charge >= 0.3 is 0 Å². The highest BCUT2D eigenvalue weighted by atomic mass is 32.2. The lowest BCUT2D eigenvalue weighted by Gasteiger charge is -2.25. The number of hydrogen-bond acceptors (Lipinski definition) is 4. The number of carbonyl (C=O) groups is 1. The van der Waals surface area contributed by atoms with Crippen LogP contribution in [0.3, 0.4) is 0 Å². The average Bonchev–Trinajstić information content (AvgIpc) is 2.87. The number of nitrogens with one attached hydrogen (secondary N) is 1. The normalized spacial score (nSPS) is 19.9. The molecular formula is C16H23FN2O3S. The molecule has 1 aromatic carbocycles. The van der Waals surface area contributed by atoms with Gasteiger partial charge in [0.2, 0.25) is 5.91 Å². The van der Waals surface area contributed by atoms with Crippen LogP contribution in [-0.2, 0) is 21.1 Å². The summed E-state index contributed by atoms with van der Waals surface area (Å²) in [6.45, 7) is 3.08. The van der Waals surface area contributed by atoms with Crippen LogP contribution in [0, 0.1) is 5.82 Å². The van der Waals surface area contributed by atoms with Crippen molar-refractivity contribution in [2.24, 2.45) is 0 Å². The number of hydrogen-bond donors (Lipinski definition) is 1. The minimum Gasteiger partial charge on any atom is -0.355 e. The van der Waals surface area contributed by atoms with Crippen molar-refractivity contribution in [3.8, 4) is 0 Å². The monoisotopic (exact) mass is 342 g/mol. The fourth-order valence-corrected chi connectivity index (χ4v) is 4.60. The standard InChI is InChI=1S/C16H23FN2O3S/c1-2-19(14-8-10-23(21,22)12-14)11-16(20)18-9-7-13-5-3-4-6-15(13)17/h3-6,14H,2,7-12H2,1H3,(H,18,20). The van der Waals surface area contributed by atoms with Crippen molar-refractivity contribution < 1.29 is 17.6 Å². The summed E-state index contributed by atoms with van der Waals surface area (Å²) in [7, 11) is -2.96. The Kier molecular flexibility index (Phi) is 6.12. The van der Waals surface area contributed by atoms with E-state index in [9.17, 15) is 17.6 Å². The van der Waals surface area contributed by atoms with Gasteiger partial charge in [0, 0.05) is 12.6 Å². The molecule has 1 amide bonds. The van der Waals surface area contributed by atoms with Gasteiger partial charge in [-0.25, -0.2) is 12.8 Å². The maximum Gasteiger partial charge on any atom is 0.234 e. The first-order valence-electron chi connectivity index (χ1n) is 7.86. The van der Waals surface area contributed by atoms with Gasteiger partial charge in [-0.05, 0) is 31.0 Å². The SMILES string of the molecule is CCN(CC(=O)NCCc1ccccc1F)C1CCS(=O)(=O)C1. The Morgan fingerprint density at radius 3 is 2.74 bits per heavy atom. The van der Waals surface area contributed by atoms with E-state index < -0.39 is 9.84 Å². The summed E-state index contributed by atoms with van der Waals surface area (Å²) in [5.41, 5.74) is 0.571. The summed E-state index contributed by atoms with van der Waals surface area (Å²) in [5.74, 6) is -0.104. The van der Waals surface area contributed by atoms with Crippen molar-refractivity contribution in [2.75, 3.05) is 31.1 Å². The Hall–Kier alpha value is -1.47. The van der Waals surface area contributed by atoms with E-state index in [1.807, 2.05) is 11.8 Å². The van der Waals surface area contributed by atoms with Crippen molar-refractivity contribution in [1.29, 1.82) is 0 Å². The van der Waals surface area contributed by atoms with Crippen LogP contribution in [0.15, 0.2) is 24.3 Å². The van der Waals surface area contributed by atoms with E-state index in [1.54, 1.807) is 18.2 Å². The van der Waals surface area contributed by atoms with Crippen LogP contribution < -0.4 is 5.32 Å². The number of sulfone groups is 1. The van der Waals surface area contributed by atoms with Crippen molar-refractivity contribution >= 4 is 15.7 Å². The quantitative estimate of drug-likeness (QED) is 0.803. The van der Waals surface area contributed by atoms with Gasteiger partial charge in [-0.1, -0.05) is 25.1 Å². The minimum atomic E-state index is -2.96. The third kappa shape index (κ3) is 5.28. The Morgan fingerprint density at radius 2 is 2.13 bits per heavy atom. The lowest BCUT2D eigenvalue weighted by atomic mass is 10.1. The smallest absolute Gasteiger partial charge is 0.234 e. The molecule has 0 aliphatic carbocycles. The van der Waals surface area contributed by atoms with Gasteiger partial charge in [0.25, 0.3) is 0 Å². The van der Waals surface area contributed by atoms with Gasteiger partial charge in [0.1, 0.15) is 5.82 Å². The number of halogens is 1. The van der Waals surface area contributed by atoms with Crippen LogP contribution in [-0.4, -0.2) is 56.4 Å². The molecule has 5 nitrogen and oxygen atoms in total. The topological polar surface area (TPSA) is 66.5 Å². The van der Waals surface area contributed by atoms with E-state index in [-0.39, 0.29) is 35.8 Å². The molecular weight excluding hydrogens is 319 g/mol. The van der Waals surface area contributed by atoms with Gasteiger partial charge in [0.05, 0.1) is 18.1 Å². The molecule has 1 unspecified atom stereocenters. The molecule has 1 fully saturated rings. The van der Waals surface area contributed by atoms with Gasteiger partial charge < -0.3 is 5.32 Å². The molecule has 1 atom stereocenters. The molecule has 2 rings (SSSR count). The fraction of sp³-hybridized carbons (Fsp3) is 0.562. The predicted octanol–water partition coefficient (Wildman–Crippen LogP) is 0.993. The molecule has 1 aliphatic heterocycles. The van der Waals surface area contributed by atoms with Gasteiger partial charge in [-0.3, -0.25) is 9.69 Å². The van der Waals surface area contributed by atoms with Crippen LogP contribution >= 0.6 is 0 Å². The molecule has 0 spiro atoms. The lowest BCUT2D eigenvalue weighted by molar-refractivity contribution is -0.122. The number of rotatable bonds is 7. The lowest BCUT2D eigenvalue weighted by Crippen LogP contribution is -2.43. The zero-order chi connectivity index (χ0) is 16.9. The average molecular weight is 342 g/mol. The molecule has 1 N–H and O–H groups in total. The molecule has 128 valence electrons. The third-order valence-corrected chi connectivity index (χ3v) is 5.90. The van der Waals surface area contributed by atoms with Crippen LogP contribution in [0.4, 0.5) is 4.39 Å². The first-order chi connectivity index (χ1) is 10.9. The Balaban J connectivity index is 1.78. The highest BCUT2D eigenvalue weighted by molar-refractivity contribution is 7.91. The number of amides is 1. The first kappa shape index (κ1) is 17.9. The molecule has 1 aliphatic rings. The summed E-state index contributed by atoms with van der Waals surface area (Å²) in [6, 6.07) is 6.41. The maximum absolute atomic E-state index is 13.5. The molecule has 23 heavy (non-hydrogen) atoms. The predicted molar refractivity (Wildman–Crippen MR) is 87.4 cm³/mol. The summed E-state index contributed by atoms with van der Waals surface area (Å²) in [6.07, 6.45) is 1.01. The van der Waals surface area contributed by atoms with E-state index in [0.29, 0.717) is 31.5 Å². The summed E-state index contributed by atoms with van der Waals surface area (Å²) < 4.78 is 36.6. The Labute approximate surface area is 136 Å². The first-order valence-corrected chi connectivity index (χ1v) is 9.68. The number of carbonyl (C=O) groups excluding carboxylic acids is 1. The van der Waals surface area contributed by atoms with Gasteiger partial charge in [-0.15, -0.1) is 0 Å². The molecule has 0 aromatic heterocycles. The third-order valence-electron chi connectivity index (χ3n) is 4.15. The van der Waals surface area contributed by atoms with Gasteiger partial charge in [0.15, 0.2) is 9.84 Å². The van der Waals surface area contributed by atoms with Crippen LogP contribution in [0.2, 0.25) is 0 Å². The maximum atomic E-state index is 13.5. The van der Waals surface area contributed by atoms with E-state index in [0.717, 1.165) is 0 Å². The fourth-order valence-electron chi connectivity index (χ4n) is 2.84. The number of likely N-dealkylation sites (N-methyl/N-ethyl adjacent to an activating group) is 1. The van der Waals surface area contributed by atoms with Crippen molar-refractivity contribution in [1.82, 2.24) is 10.2 Å². The second kappa shape index (κ2) is 7.88. The van der Waals surface area contributed by atoms with Crippen molar-refractivity contribution in [2.45, 2.75) is 25.8 Å². The second-order valence-electron chi connectivity index (χ2n) is 5.81. The Bertz CT molecular complexity index is 648. The van der Waals surface area contributed by atoms with Crippen molar-refractivity contribution in [3.05, 3.63) is 35.6 Å². The second-order valence-corrected chi connectivity index (χ2v) is 8.04. The Morgan fingerprint density at radius 1 is 1.39 bits per heavy atom. The van der Waals surface area contributed by atoms with Gasteiger partial charge in [-0.2, -0.15) is 0 Å². The highest BCUT2D eigenvalue weighted by Crippen LogP contribution is 2.17. The number of benzene rings is 1. The molecule has 0 bridgehead atoms. The van der Waals surface area contributed by atoms with E-state index in [4.69, 9.17) is 0 Å². The number of nitrogens with zero attached hydrogens (tertiary/aromatic N) is 1. The molecule has 1 aromatic rings. The summed E-state index contributed by atoms with van der Waals surface area (Å²) in [4.78, 5) is 13.9. The van der Waals surface area contributed by atoms with E-state index >= 15 is 0 Å². The molecule has 1 heterocycles. The van der Waals surface area contributed by atoms with E-state index in [1.165, 1.54) is 6.07 Å². The van der Waals surface area contributed by atoms with E-state index in [2.05, 4.69) is 5.32 Å². The van der Waals surface area contributed by atoms with Crippen LogP contribution in [0.1, 0.15) is 18.9 Å². The molecule has 0 radical (unpaired) electrons. The van der Waals surface area contributed by atoms with Crippen LogP contribution in [0.5, 0.6) is 0 Å². The summed E-state index contributed by atoms with van der Waals surface area (Å²) in [5, 5.41) is 2.77. The minimum absolute atomic E-state index is 0.0812. The zero-order valence-electron chi connectivity index (χ0n) is 13.3. The highest BCUT2D eigenvalue weighted by Gasteiger charge is 2.32. The molecule has 7 heteroatoms.